The summed E-state index contributed by atoms with van der Waals surface area (Å²) in [6, 6.07) is 0.495. The highest BCUT2D eigenvalue weighted by molar-refractivity contribution is 5.90. The highest BCUT2D eigenvalue weighted by atomic mass is 16.1. The van der Waals surface area contributed by atoms with E-state index in [1.54, 1.807) is 0 Å². The van der Waals surface area contributed by atoms with Crippen LogP contribution in [0.25, 0.3) is 0 Å². The Morgan fingerprint density at radius 1 is 1.24 bits per heavy atom. The van der Waals surface area contributed by atoms with E-state index in [2.05, 4.69) is 18.8 Å². The molecule has 0 aromatic carbocycles. The molecule has 0 spiro atoms. The van der Waals surface area contributed by atoms with Gasteiger partial charge in [-0.1, -0.05) is 32.6 Å². The lowest BCUT2D eigenvalue weighted by atomic mass is 10.0. The van der Waals surface area contributed by atoms with E-state index in [9.17, 15) is 4.79 Å². The molecule has 0 aromatic rings. The smallest absolute Gasteiger partial charge is 0.133 e. The molecule has 0 N–H and O–H groups in total. The largest absolute Gasteiger partial charge is 0.300 e. The van der Waals surface area contributed by atoms with Crippen molar-refractivity contribution in [2.75, 3.05) is 0 Å². The molecule has 0 radical (unpaired) electrons. The first kappa shape index (κ1) is 14.4. The van der Waals surface area contributed by atoms with Crippen molar-refractivity contribution in [3.63, 3.8) is 0 Å². The van der Waals surface area contributed by atoms with E-state index in [1.807, 2.05) is 0 Å². The van der Waals surface area contributed by atoms with Crippen molar-refractivity contribution in [3.05, 3.63) is 0 Å². The summed E-state index contributed by atoms with van der Waals surface area (Å²) in [4.78, 5) is 16.2. The quantitative estimate of drug-likeness (QED) is 0.549. The van der Waals surface area contributed by atoms with Crippen molar-refractivity contribution in [2.45, 2.75) is 84.1 Å². The van der Waals surface area contributed by atoms with Gasteiger partial charge in [-0.05, 0) is 32.6 Å². The van der Waals surface area contributed by atoms with Crippen LogP contribution in [0.5, 0.6) is 0 Å². The molecular weight excluding hydrogens is 210 g/mol. The van der Waals surface area contributed by atoms with Crippen LogP contribution in [0.15, 0.2) is 4.99 Å². The molecule has 1 atom stereocenters. The van der Waals surface area contributed by atoms with Crippen molar-refractivity contribution in [2.24, 2.45) is 4.99 Å². The molecule has 1 rings (SSSR count). The summed E-state index contributed by atoms with van der Waals surface area (Å²) in [5, 5.41) is 0. The van der Waals surface area contributed by atoms with E-state index >= 15 is 0 Å². The number of carbonyl (C=O) groups excluding carboxylic acids is 1. The van der Waals surface area contributed by atoms with Gasteiger partial charge in [0.15, 0.2) is 0 Å². The number of rotatable bonds is 9. The van der Waals surface area contributed by atoms with Crippen molar-refractivity contribution < 1.29 is 4.79 Å². The minimum absolute atomic E-state index is 0.434. The summed E-state index contributed by atoms with van der Waals surface area (Å²) in [5.74, 6) is 0.434. The van der Waals surface area contributed by atoms with E-state index in [4.69, 9.17) is 0 Å². The lowest BCUT2D eigenvalue weighted by Gasteiger charge is -2.01. The van der Waals surface area contributed by atoms with E-state index in [0.717, 1.165) is 32.1 Å². The first-order valence-corrected chi connectivity index (χ1v) is 7.29. The molecule has 0 fully saturated rings. The monoisotopic (exact) mass is 237 g/mol. The van der Waals surface area contributed by atoms with Gasteiger partial charge in [0.2, 0.25) is 0 Å². The van der Waals surface area contributed by atoms with Gasteiger partial charge < -0.3 is 0 Å². The average molecular weight is 237 g/mol. The predicted molar refractivity (Wildman–Crippen MR) is 73.7 cm³/mol. The topological polar surface area (TPSA) is 29.4 Å². The Morgan fingerprint density at radius 3 is 2.65 bits per heavy atom. The molecule has 17 heavy (non-hydrogen) atoms. The summed E-state index contributed by atoms with van der Waals surface area (Å²) in [7, 11) is 0. The number of hydrogen-bond donors (Lipinski definition) is 0. The molecule has 1 aliphatic heterocycles. The van der Waals surface area contributed by atoms with Crippen LogP contribution in [-0.2, 0) is 4.79 Å². The van der Waals surface area contributed by atoms with Crippen molar-refractivity contribution >= 4 is 11.5 Å². The Morgan fingerprint density at radius 2 is 2.00 bits per heavy atom. The molecule has 2 heteroatoms. The molecule has 2 nitrogen and oxygen atoms in total. The van der Waals surface area contributed by atoms with Gasteiger partial charge in [0.1, 0.15) is 5.78 Å². The van der Waals surface area contributed by atoms with Crippen molar-refractivity contribution in [1.82, 2.24) is 0 Å². The second kappa shape index (κ2) is 8.43. The molecule has 0 aliphatic carbocycles. The molecule has 0 aromatic heterocycles. The maximum Gasteiger partial charge on any atom is 0.133 e. The van der Waals surface area contributed by atoms with Gasteiger partial charge in [-0.15, -0.1) is 0 Å². The maximum atomic E-state index is 11.7. The minimum atomic E-state index is 0.434. The number of hydrogen-bond acceptors (Lipinski definition) is 2. The fourth-order valence-corrected chi connectivity index (χ4v) is 2.34. The van der Waals surface area contributed by atoms with Crippen LogP contribution in [0.3, 0.4) is 0 Å². The van der Waals surface area contributed by atoms with Crippen LogP contribution in [-0.4, -0.2) is 17.5 Å². The zero-order valence-corrected chi connectivity index (χ0v) is 11.5. The number of aliphatic imine (C=N–C) groups is 1. The van der Waals surface area contributed by atoms with E-state index in [0.29, 0.717) is 11.8 Å². The molecule has 0 amide bonds. The highest BCUT2D eigenvalue weighted by Gasteiger charge is 2.13. The molecule has 98 valence electrons. The van der Waals surface area contributed by atoms with Crippen LogP contribution in [0.1, 0.15) is 78.1 Å². The van der Waals surface area contributed by atoms with Gasteiger partial charge >= 0.3 is 0 Å². The van der Waals surface area contributed by atoms with E-state index in [-0.39, 0.29) is 0 Å². The Labute approximate surface area is 106 Å². The Kier molecular flexibility index (Phi) is 7.14. The molecule has 1 heterocycles. The lowest BCUT2D eigenvalue weighted by molar-refractivity contribution is -0.119. The third kappa shape index (κ3) is 6.60. The molecule has 0 unspecified atom stereocenters. The molecule has 1 aliphatic rings. The SMILES string of the molecule is CCCCCCCC(=O)CCC1=N[C@@H](C)CC1. The van der Waals surface area contributed by atoms with Gasteiger partial charge in [-0.25, -0.2) is 0 Å². The number of unbranched alkanes of at least 4 members (excludes halogenated alkanes) is 4. The van der Waals surface area contributed by atoms with E-state index < -0.39 is 0 Å². The number of nitrogens with zero attached hydrogens (tertiary/aromatic N) is 1. The van der Waals surface area contributed by atoms with Gasteiger partial charge in [0.05, 0.1) is 0 Å². The summed E-state index contributed by atoms with van der Waals surface area (Å²) in [6.45, 7) is 4.37. The second-order valence-corrected chi connectivity index (χ2v) is 5.29. The van der Waals surface area contributed by atoms with Crippen molar-refractivity contribution in [1.29, 1.82) is 0 Å². The lowest BCUT2D eigenvalue weighted by Crippen LogP contribution is -2.02. The first-order valence-electron chi connectivity index (χ1n) is 7.29. The first-order chi connectivity index (χ1) is 8.22. The zero-order valence-electron chi connectivity index (χ0n) is 11.5. The Hall–Kier alpha value is -0.660. The molecular formula is C15H27NO. The normalized spacial score (nSPS) is 19.4. The average Bonchev–Trinajstić information content (AvgIpc) is 2.72. The van der Waals surface area contributed by atoms with Crippen LogP contribution >= 0.6 is 0 Å². The number of Topliss-reactive ketones (excluding diaryl/α,β-unsaturated/α-hetero) is 1. The van der Waals surface area contributed by atoms with Gasteiger partial charge in [-0.3, -0.25) is 9.79 Å². The standard InChI is InChI=1S/C15H27NO/c1-3-4-5-6-7-8-15(17)12-11-14-10-9-13(2)16-14/h13H,3-12H2,1-2H3/t13-/m0/s1. The number of carbonyl (C=O) groups is 1. The second-order valence-electron chi connectivity index (χ2n) is 5.29. The van der Waals surface area contributed by atoms with Crippen molar-refractivity contribution in [3.8, 4) is 0 Å². The third-order valence-corrected chi connectivity index (χ3v) is 3.51. The fraction of sp³-hybridized carbons (Fsp3) is 0.867. The summed E-state index contributed by atoms with van der Waals surface area (Å²) < 4.78 is 0. The Bertz CT molecular complexity index is 258. The van der Waals surface area contributed by atoms with E-state index in [1.165, 1.54) is 37.8 Å². The summed E-state index contributed by atoms with van der Waals surface area (Å²) >= 11 is 0. The molecule has 0 saturated carbocycles. The fourth-order valence-electron chi connectivity index (χ4n) is 2.34. The predicted octanol–water partition coefficient (Wildman–Crippen LogP) is 4.32. The van der Waals surface area contributed by atoms with Gasteiger partial charge in [0.25, 0.3) is 0 Å². The molecule has 0 bridgehead atoms. The zero-order chi connectivity index (χ0) is 12.5. The van der Waals surface area contributed by atoms with Gasteiger partial charge in [-0.2, -0.15) is 0 Å². The minimum Gasteiger partial charge on any atom is -0.300 e. The molecule has 0 saturated heterocycles. The summed E-state index contributed by atoms with van der Waals surface area (Å²) in [5.41, 5.74) is 1.27. The van der Waals surface area contributed by atoms with Crippen LogP contribution in [0.2, 0.25) is 0 Å². The van der Waals surface area contributed by atoms with Crippen LogP contribution in [0.4, 0.5) is 0 Å². The van der Waals surface area contributed by atoms with Crippen LogP contribution in [0, 0.1) is 0 Å². The highest BCUT2D eigenvalue weighted by Crippen LogP contribution is 2.16. The third-order valence-electron chi connectivity index (χ3n) is 3.51. The number of ketones is 1. The van der Waals surface area contributed by atoms with Gasteiger partial charge in [0, 0.05) is 24.6 Å². The maximum absolute atomic E-state index is 11.7. The van der Waals surface area contributed by atoms with Crippen LogP contribution < -0.4 is 0 Å². The Balaban J connectivity index is 2.00. The summed E-state index contributed by atoms with van der Waals surface area (Å²) in [6.07, 6.45) is 10.9.